The van der Waals surface area contributed by atoms with Crippen LogP contribution in [0.5, 0.6) is 0 Å². The number of benzene rings is 1. The number of likely N-dealkylation sites (N-methyl/N-ethyl adjacent to an activating group) is 1. The molecule has 1 unspecified atom stereocenters. The molecule has 0 radical (unpaired) electrons. The Hall–Kier alpha value is -1.57. The Morgan fingerprint density at radius 2 is 1.89 bits per heavy atom. The van der Waals surface area contributed by atoms with E-state index in [1.807, 2.05) is 40.0 Å². The van der Waals surface area contributed by atoms with E-state index < -0.39 is 0 Å². The molecule has 1 rings (SSSR count). The SMILES string of the molecule is C=C(C)C(C)N(C)/C=C(\C)c1ccc(C)c(F)c1C. The summed E-state index contributed by atoms with van der Waals surface area (Å²) in [6, 6.07) is 4.08. The summed E-state index contributed by atoms with van der Waals surface area (Å²) in [5.41, 5.74) is 4.54. The fraction of sp³-hybridized carbons (Fsp3) is 0.412. The number of halogens is 1. The number of hydrogen-bond donors (Lipinski definition) is 0. The highest BCUT2D eigenvalue weighted by Gasteiger charge is 2.10. The average molecular weight is 261 g/mol. The molecule has 0 aliphatic rings. The fourth-order valence-electron chi connectivity index (χ4n) is 2.08. The largest absolute Gasteiger partial charge is 0.374 e. The highest BCUT2D eigenvalue weighted by molar-refractivity contribution is 5.66. The van der Waals surface area contributed by atoms with Gasteiger partial charge >= 0.3 is 0 Å². The molecule has 0 aliphatic heterocycles. The highest BCUT2D eigenvalue weighted by atomic mass is 19.1. The predicted octanol–water partition coefficient (Wildman–Crippen LogP) is 4.70. The van der Waals surface area contributed by atoms with Crippen molar-refractivity contribution in [2.75, 3.05) is 7.05 Å². The first kappa shape index (κ1) is 15.5. The molecule has 0 N–H and O–H groups in total. The predicted molar refractivity (Wildman–Crippen MR) is 81.6 cm³/mol. The van der Waals surface area contributed by atoms with Gasteiger partial charge in [0, 0.05) is 19.3 Å². The van der Waals surface area contributed by atoms with Crippen LogP contribution in [0.15, 0.2) is 30.5 Å². The van der Waals surface area contributed by atoms with Crippen molar-refractivity contribution in [1.29, 1.82) is 0 Å². The first-order valence-electron chi connectivity index (χ1n) is 6.57. The third kappa shape index (κ3) is 3.46. The summed E-state index contributed by atoms with van der Waals surface area (Å²) in [5.74, 6) is -0.110. The lowest BCUT2D eigenvalue weighted by molar-refractivity contribution is 0.394. The Morgan fingerprint density at radius 1 is 1.32 bits per heavy atom. The van der Waals surface area contributed by atoms with Crippen LogP contribution in [0.4, 0.5) is 4.39 Å². The number of rotatable bonds is 4. The van der Waals surface area contributed by atoms with Gasteiger partial charge in [-0.3, -0.25) is 0 Å². The minimum Gasteiger partial charge on any atom is -0.374 e. The zero-order valence-corrected chi connectivity index (χ0v) is 12.8. The second-order valence-electron chi connectivity index (χ2n) is 5.37. The monoisotopic (exact) mass is 261 g/mol. The van der Waals surface area contributed by atoms with Crippen molar-refractivity contribution in [2.45, 2.75) is 40.7 Å². The molecule has 0 bridgehead atoms. The Morgan fingerprint density at radius 3 is 2.42 bits per heavy atom. The van der Waals surface area contributed by atoms with E-state index in [2.05, 4.69) is 24.6 Å². The van der Waals surface area contributed by atoms with Crippen molar-refractivity contribution in [3.63, 3.8) is 0 Å². The average Bonchev–Trinajstić information content (AvgIpc) is 2.34. The lowest BCUT2D eigenvalue weighted by Crippen LogP contribution is -2.24. The highest BCUT2D eigenvalue weighted by Crippen LogP contribution is 2.24. The van der Waals surface area contributed by atoms with E-state index in [0.717, 1.165) is 16.7 Å². The molecule has 0 spiro atoms. The summed E-state index contributed by atoms with van der Waals surface area (Å²) >= 11 is 0. The number of aryl methyl sites for hydroxylation is 1. The Bertz CT molecular complexity index is 514. The van der Waals surface area contributed by atoms with Crippen LogP contribution in [0.3, 0.4) is 0 Å². The van der Waals surface area contributed by atoms with Crippen molar-refractivity contribution in [3.05, 3.63) is 53.0 Å². The summed E-state index contributed by atoms with van der Waals surface area (Å²) < 4.78 is 13.9. The van der Waals surface area contributed by atoms with E-state index in [4.69, 9.17) is 0 Å². The van der Waals surface area contributed by atoms with E-state index in [1.54, 1.807) is 6.92 Å². The molecule has 1 aromatic rings. The summed E-state index contributed by atoms with van der Waals surface area (Å²) in [6.07, 6.45) is 2.05. The Balaban J connectivity index is 3.10. The molecule has 19 heavy (non-hydrogen) atoms. The smallest absolute Gasteiger partial charge is 0.129 e. The van der Waals surface area contributed by atoms with Crippen molar-refractivity contribution in [3.8, 4) is 0 Å². The van der Waals surface area contributed by atoms with Crippen LogP contribution >= 0.6 is 0 Å². The maximum atomic E-state index is 13.9. The van der Waals surface area contributed by atoms with Crippen molar-refractivity contribution in [2.24, 2.45) is 0 Å². The van der Waals surface area contributed by atoms with Gasteiger partial charge in [-0.1, -0.05) is 24.3 Å². The van der Waals surface area contributed by atoms with Gasteiger partial charge in [-0.15, -0.1) is 0 Å². The molecule has 0 fully saturated rings. The van der Waals surface area contributed by atoms with Crippen LogP contribution in [0.1, 0.15) is 37.5 Å². The van der Waals surface area contributed by atoms with Crippen LogP contribution in [0.25, 0.3) is 5.57 Å². The third-order valence-corrected chi connectivity index (χ3v) is 3.73. The van der Waals surface area contributed by atoms with Gasteiger partial charge in [-0.05, 0) is 56.9 Å². The van der Waals surface area contributed by atoms with Gasteiger partial charge in [0.1, 0.15) is 5.82 Å². The molecule has 0 heterocycles. The molecular formula is C17H24FN. The van der Waals surface area contributed by atoms with Gasteiger partial charge in [-0.2, -0.15) is 0 Å². The molecule has 0 aromatic heterocycles. The van der Waals surface area contributed by atoms with E-state index in [9.17, 15) is 4.39 Å². The van der Waals surface area contributed by atoms with Gasteiger partial charge < -0.3 is 4.90 Å². The number of hydrogen-bond acceptors (Lipinski definition) is 1. The maximum Gasteiger partial charge on any atom is 0.129 e. The molecule has 1 nitrogen and oxygen atoms in total. The van der Waals surface area contributed by atoms with Crippen LogP contribution in [0, 0.1) is 19.7 Å². The molecule has 0 aliphatic carbocycles. The van der Waals surface area contributed by atoms with E-state index in [0.29, 0.717) is 11.1 Å². The van der Waals surface area contributed by atoms with Gasteiger partial charge in [-0.25, -0.2) is 4.39 Å². The van der Waals surface area contributed by atoms with Crippen molar-refractivity contribution >= 4 is 5.57 Å². The molecule has 0 amide bonds. The summed E-state index contributed by atoms with van der Waals surface area (Å²) in [5, 5.41) is 0. The van der Waals surface area contributed by atoms with Crippen LogP contribution < -0.4 is 0 Å². The molecule has 1 atom stereocenters. The Kier molecular flexibility index (Phi) is 4.93. The lowest BCUT2D eigenvalue weighted by Gasteiger charge is -2.24. The summed E-state index contributed by atoms with van der Waals surface area (Å²) in [6.45, 7) is 13.7. The quantitative estimate of drug-likeness (QED) is 0.710. The standard InChI is InChI=1S/C17H24FN/c1-11(2)15(6)19(7)10-13(4)16-9-8-12(3)17(18)14(16)5/h8-10,15H,1H2,2-7H3/b13-10+. The zero-order valence-electron chi connectivity index (χ0n) is 12.8. The van der Waals surface area contributed by atoms with Gasteiger partial charge in [0.2, 0.25) is 0 Å². The second-order valence-corrected chi connectivity index (χ2v) is 5.37. The first-order chi connectivity index (χ1) is 8.75. The molecule has 104 valence electrons. The first-order valence-corrected chi connectivity index (χ1v) is 6.57. The van der Waals surface area contributed by atoms with Crippen LogP contribution in [-0.2, 0) is 0 Å². The van der Waals surface area contributed by atoms with Gasteiger partial charge in [0.15, 0.2) is 0 Å². The van der Waals surface area contributed by atoms with E-state index >= 15 is 0 Å². The summed E-state index contributed by atoms with van der Waals surface area (Å²) in [4.78, 5) is 2.11. The van der Waals surface area contributed by atoms with Crippen molar-refractivity contribution < 1.29 is 4.39 Å². The maximum absolute atomic E-state index is 13.9. The lowest BCUT2D eigenvalue weighted by atomic mass is 9.99. The normalized spacial score (nSPS) is 13.3. The van der Waals surface area contributed by atoms with Crippen molar-refractivity contribution in [1.82, 2.24) is 4.90 Å². The molecular weight excluding hydrogens is 237 g/mol. The van der Waals surface area contributed by atoms with E-state index in [-0.39, 0.29) is 11.9 Å². The molecule has 2 heteroatoms. The van der Waals surface area contributed by atoms with Crippen LogP contribution in [-0.4, -0.2) is 18.0 Å². The minimum absolute atomic E-state index is 0.110. The van der Waals surface area contributed by atoms with Gasteiger partial charge in [0.05, 0.1) is 0 Å². The molecule has 0 saturated carbocycles. The van der Waals surface area contributed by atoms with Gasteiger partial charge in [0.25, 0.3) is 0 Å². The molecule has 0 saturated heterocycles. The third-order valence-electron chi connectivity index (χ3n) is 3.73. The molecule has 1 aromatic carbocycles. The topological polar surface area (TPSA) is 3.24 Å². The Labute approximate surface area is 116 Å². The minimum atomic E-state index is -0.110. The number of allylic oxidation sites excluding steroid dienone is 1. The zero-order chi connectivity index (χ0) is 14.7. The fourth-order valence-corrected chi connectivity index (χ4v) is 2.08. The summed E-state index contributed by atoms with van der Waals surface area (Å²) in [7, 11) is 2.02. The van der Waals surface area contributed by atoms with Crippen LogP contribution in [0.2, 0.25) is 0 Å². The number of nitrogens with zero attached hydrogens (tertiary/aromatic N) is 1. The second kappa shape index (κ2) is 6.05. The van der Waals surface area contributed by atoms with E-state index in [1.165, 1.54) is 0 Å².